The molecule has 0 N–H and O–H groups in total. The van der Waals surface area contributed by atoms with E-state index in [-0.39, 0.29) is 11.8 Å². The van der Waals surface area contributed by atoms with Crippen molar-refractivity contribution in [3.05, 3.63) is 84.4 Å². The van der Waals surface area contributed by atoms with E-state index in [1.807, 2.05) is 42.6 Å². The topological polar surface area (TPSA) is 44.1 Å². The highest BCUT2D eigenvalue weighted by Crippen LogP contribution is 2.37. The number of hydrogen-bond donors (Lipinski definition) is 0. The molecule has 0 aliphatic heterocycles. The average molecular weight is 370 g/mol. The van der Waals surface area contributed by atoms with Gasteiger partial charge in [-0.2, -0.15) is 5.10 Å². The van der Waals surface area contributed by atoms with E-state index >= 15 is 0 Å². The molecule has 1 aromatic heterocycles. The third-order valence-electron chi connectivity index (χ3n) is 3.73. The molecular formula is C20H19FN2O2S. The number of halogens is 1. The Balaban J connectivity index is 1.64. The zero-order valence-corrected chi connectivity index (χ0v) is 14.9. The Kier molecular flexibility index (Phi) is 6.44. The maximum absolute atomic E-state index is 14.0. The molecule has 3 aromatic rings. The van der Waals surface area contributed by atoms with E-state index in [1.165, 1.54) is 17.8 Å². The summed E-state index contributed by atoms with van der Waals surface area (Å²) >= 11 is 1.17. The maximum Gasteiger partial charge on any atom is 0.323 e. The molecule has 1 unspecified atom stereocenters. The van der Waals surface area contributed by atoms with Gasteiger partial charge in [0, 0.05) is 30.3 Å². The number of benzene rings is 2. The molecule has 26 heavy (non-hydrogen) atoms. The van der Waals surface area contributed by atoms with E-state index in [2.05, 4.69) is 5.10 Å². The molecule has 0 amide bonds. The molecule has 4 nitrogen and oxygen atoms in total. The molecule has 0 aliphatic rings. The van der Waals surface area contributed by atoms with Gasteiger partial charge in [-0.15, -0.1) is 11.8 Å². The number of thioether (sulfide) groups is 1. The summed E-state index contributed by atoms with van der Waals surface area (Å²) in [6, 6.07) is 17.6. The number of hydrogen-bond acceptors (Lipinski definition) is 4. The summed E-state index contributed by atoms with van der Waals surface area (Å²) in [6.07, 6.45) is 4.24. The summed E-state index contributed by atoms with van der Waals surface area (Å²) in [5.41, 5.74) is 0.790. The number of aromatic nitrogens is 2. The molecule has 134 valence electrons. The fourth-order valence-electron chi connectivity index (χ4n) is 2.46. The van der Waals surface area contributed by atoms with Crippen molar-refractivity contribution < 1.29 is 13.9 Å². The summed E-state index contributed by atoms with van der Waals surface area (Å²) in [7, 11) is 0. The minimum Gasteiger partial charge on any atom is -0.465 e. The Morgan fingerprint density at radius 3 is 2.62 bits per heavy atom. The molecule has 0 bridgehead atoms. The van der Waals surface area contributed by atoms with Crippen LogP contribution in [0, 0.1) is 5.82 Å². The van der Waals surface area contributed by atoms with Crippen molar-refractivity contribution in [3.8, 4) is 0 Å². The van der Waals surface area contributed by atoms with Gasteiger partial charge >= 0.3 is 5.97 Å². The van der Waals surface area contributed by atoms with Crippen molar-refractivity contribution in [1.82, 2.24) is 9.78 Å². The highest BCUT2D eigenvalue weighted by Gasteiger charge is 2.24. The van der Waals surface area contributed by atoms with Gasteiger partial charge in [0.1, 0.15) is 11.1 Å². The third-order valence-corrected chi connectivity index (χ3v) is 5.02. The minimum atomic E-state index is -0.613. The molecule has 3 rings (SSSR count). The number of ether oxygens (including phenoxy) is 1. The smallest absolute Gasteiger partial charge is 0.323 e. The summed E-state index contributed by atoms with van der Waals surface area (Å²) in [6.45, 7) is 0.969. The van der Waals surface area contributed by atoms with Gasteiger partial charge in [0.05, 0.1) is 6.61 Å². The molecule has 0 aliphatic carbocycles. The Morgan fingerprint density at radius 1 is 1.12 bits per heavy atom. The highest BCUT2D eigenvalue weighted by molar-refractivity contribution is 8.00. The minimum absolute atomic E-state index is 0.292. The standard InChI is InChI=1S/C20H19FN2O2S/c21-17-10-4-5-11-18(17)26-19(16-8-2-1-3-9-16)20(24)25-15-7-14-23-13-6-12-22-23/h1-6,8-13,19H,7,14-15H2. The number of nitrogens with zero attached hydrogens (tertiary/aromatic N) is 2. The summed E-state index contributed by atoms with van der Waals surface area (Å²) in [4.78, 5) is 13.1. The fourth-order valence-corrected chi connectivity index (χ4v) is 3.50. The zero-order valence-electron chi connectivity index (χ0n) is 14.1. The lowest BCUT2D eigenvalue weighted by molar-refractivity contribution is -0.143. The van der Waals surface area contributed by atoms with Crippen LogP contribution in [0.25, 0.3) is 0 Å². The van der Waals surface area contributed by atoms with Crippen LogP contribution >= 0.6 is 11.8 Å². The zero-order chi connectivity index (χ0) is 18.2. The quantitative estimate of drug-likeness (QED) is 0.333. The van der Waals surface area contributed by atoms with Gasteiger partial charge in [-0.3, -0.25) is 9.48 Å². The number of carbonyl (C=O) groups is 1. The van der Waals surface area contributed by atoms with E-state index < -0.39 is 5.25 Å². The Labute approximate surface area is 156 Å². The molecule has 0 saturated heterocycles. The SMILES string of the molecule is O=C(OCCCn1cccn1)C(Sc1ccccc1F)c1ccccc1. The van der Waals surface area contributed by atoms with E-state index in [0.717, 1.165) is 5.56 Å². The van der Waals surface area contributed by atoms with E-state index in [1.54, 1.807) is 29.1 Å². The first-order valence-electron chi connectivity index (χ1n) is 8.34. The molecule has 0 radical (unpaired) electrons. The normalized spacial score (nSPS) is 11.9. The van der Waals surface area contributed by atoms with Gasteiger partial charge in [0.25, 0.3) is 0 Å². The number of rotatable bonds is 8. The van der Waals surface area contributed by atoms with Crippen LogP contribution in [0.3, 0.4) is 0 Å². The second-order valence-corrected chi connectivity index (χ2v) is 6.78. The molecule has 0 saturated carbocycles. The first-order chi connectivity index (χ1) is 12.7. The second kappa shape index (κ2) is 9.20. The highest BCUT2D eigenvalue weighted by atomic mass is 32.2. The van der Waals surface area contributed by atoms with Crippen molar-refractivity contribution in [3.63, 3.8) is 0 Å². The average Bonchev–Trinajstić information content (AvgIpc) is 3.18. The Morgan fingerprint density at radius 2 is 1.88 bits per heavy atom. The van der Waals surface area contributed by atoms with Gasteiger partial charge in [0.2, 0.25) is 0 Å². The van der Waals surface area contributed by atoms with Crippen LogP contribution in [0.5, 0.6) is 0 Å². The van der Waals surface area contributed by atoms with Crippen LogP contribution in [-0.4, -0.2) is 22.4 Å². The Hall–Kier alpha value is -2.60. The van der Waals surface area contributed by atoms with E-state index in [9.17, 15) is 9.18 Å². The van der Waals surface area contributed by atoms with Gasteiger partial charge in [-0.1, -0.05) is 42.5 Å². The molecular weight excluding hydrogens is 351 g/mol. The van der Waals surface area contributed by atoms with Crippen molar-refractivity contribution in [2.75, 3.05) is 6.61 Å². The molecule has 1 atom stereocenters. The van der Waals surface area contributed by atoms with Crippen LogP contribution in [0.15, 0.2) is 78.0 Å². The van der Waals surface area contributed by atoms with E-state index in [0.29, 0.717) is 24.5 Å². The second-order valence-electron chi connectivity index (χ2n) is 5.63. The summed E-state index contributed by atoms with van der Waals surface area (Å²) in [5.74, 6) is -0.713. The van der Waals surface area contributed by atoms with Crippen LogP contribution in [0.2, 0.25) is 0 Å². The van der Waals surface area contributed by atoms with Gasteiger partial charge in [0.15, 0.2) is 0 Å². The monoisotopic (exact) mass is 370 g/mol. The van der Waals surface area contributed by atoms with Gasteiger partial charge in [-0.25, -0.2) is 4.39 Å². The first kappa shape index (κ1) is 18.2. The Bertz CT molecular complexity index is 825. The number of carbonyl (C=O) groups excluding carboxylic acids is 1. The van der Waals surface area contributed by atoms with Crippen molar-refractivity contribution in [2.45, 2.75) is 23.1 Å². The predicted molar refractivity (Wildman–Crippen MR) is 99.2 cm³/mol. The first-order valence-corrected chi connectivity index (χ1v) is 9.22. The molecule has 0 fully saturated rings. The van der Waals surface area contributed by atoms with Crippen LogP contribution < -0.4 is 0 Å². The van der Waals surface area contributed by atoms with Crippen LogP contribution in [-0.2, 0) is 16.1 Å². The van der Waals surface area contributed by atoms with Crippen molar-refractivity contribution in [2.24, 2.45) is 0 Å². The fraction of sp³-hybridized carbons (Fsp3) is 0.200. The van der Waals surface area contributed by atoms with Gasteiger partial charge in [-0.05, 0) is 23.8 Å². The molecule has 2 aromatic carbocycles. The molecule has 6 heteroatoms. The molecule has 0 spiro atoms. The van der Waals surface area contributed by atoms with Crippen molar-refractivity contribution in [1.29, 1.82) is 0 Å². The lowest BCUT2D eigenvalue weighted by Crippen LogP contribution is -2.15. The van der Waals surface area contributed by atoms with Crippen molar-refractivity contribution >= 4 is 17.7 Å². The van der Waals surface area contributed by atoms with Gasteiger partial charge < -0.3 is 4.74 Å². The lowest BCUT2D eigenvalue weighted by atomic mass is 10.1. The maximum atomic E-state index is 14.0. The number of aryl methyl sites for hydroxylation is 1. The number of esters is 1. The molecule has 1 heterocycles. The largest absolute Gasteiger partial charge is 0.465 e. The van der Waals surface area contributed by atoms with Crippen LogP contribution in [0.4, 0.5) is 4.39 Å². The third kappa shape index (κ3) is 4.95. The predicted octanol–water partition coefficient (Wildman–Crippen LogP) is 4.49. The van der Waals surface area contributed by atoms with Crippen LogP contribution in [0.1, 0.15) is 17.2 Å². The lowest BCUT2D eigenvalue weighted by Gasteiger charge is -2.16. The summed E-state index contributed by atoms with van der Waals surface area (Å²) in [5, 5.41) is 3.50. The summed E-state index contributed by atoms with van der Waals surface area (Å²) < 4.78 is 21.2. The van der Waals surface area contributed by atoms with E-state index in [4.69, 9.17) is 4.74 Å².